The molecule has 0 radical (unpaired) electrons. The molecule has 0 aliphatic heterocycles. The number of hydrogen-bond acceptors (Lipinski definition) is 3. The monoisotopic (exact) mass is 255 g/mol. The highest BCUT2D eigenvalue weighted by Gasteiger charge is 2.14. The van der Waals surface area contributed by atoms with Gasteiger partial charge in [-0.3, -0.25) is 10.1 Å². The van der Waals surface area contributed by atoms with Gasteiger partial charge in [-0.25, -0.2) is 4.98 Å². The lowest BCUT2D eigenvalue weighted by Gasteiger charge is -1.98. The number of fused-ring (bicyclic) bond motifs is 1. The van der Waals surface area contributed by atoms with E-state index < -0.39 is 4.92 Å². The van der Waals surface area contributed by atoms with Crippen molar-refractivity contribution >= 4 is 32.7 Å². The number of imidazole rings is 1. The van der Waals surface area contributed by atoms with Crippen LogP contribution in [-0.4, -0.2) is 14.9 Å². The summed E-state index contributed by atoms with van der Waals surface area (Å²) in [5, 5.41) is 11.1. The second-order valence-electron chi connectivity index (χ2n) is 2.79. The number of nitro benzene ring substituents is 1. The normalized spacial score (nSPS) is 10.6. The van der Waals surface area contributed by atoms with Gasteiger partial charge in [-0.15, -0.1) is 0 Å². The average molecular weight is 256 g/mol. The molecule has 0 fully saturated rings. The standard InChI is InChI=1S/C8H6BrN3O2/c9-3-5-1-6-7(11-4-10-6)2-8(5)12(13)14/h1-2,4H,3H2,(H,10,11). The maximum atomic E-state index is 10.7. The van der Waals surface area contributed by atoms with Gasteiger partial charge in [0.1, 0.15) is 0 Å². The van der Waals surface area contributed by atoms with Crippen LogP contribution in [0.2, 0.25) is 0 Å². The van der Waals surface area contributed by atoms with Gasteiger partial charge in [0.25, 0.3) is 5.69 Å². The number of hydrogen-bond donors (Lipinski definition) is 1. The molecule has 0 bridgehead atoms. The maximum absolute atomic E-state index is 10.7. The molecule has 0 saturated heterocycles. The van der Waals surface area contributed by atoms with E-state index in [1.54, 1.807) is 6.07 Å². The summed E-state index contributed by atoms with van der Waals surface area (Å²) in [6.45, 7) is 0. The van der Waals surface area contributed by atoms with Crippen molar-refractivity contribution in [3.8, 4) is 0 Å². The molecule has 2 aromatic rings. The number of benzene rings is 1. The van der Waals surface area contributed by atoms with Crippen molar-refractivity contribution in [2.24, 2.45) is 0 Å². The van der Waals surface area contributed by atoms with Gasteiger partial charge < -0.3 is 4.98 Å². The summed E-state index contributed by atoms with van der Waals surface area (Å²) in [5.74, 6) is 0. The van der Waals surface area contributed by atoms with Crippen molar-refractivity contribution in [1.82, 2.24) is 9.97 Å². The van der Waals surface area contributed by atoms with Crippen LogP contribution in [0.4, 0.5) is 5.69 Å². The number of halogens is 1. The van der Waals surface area contributed by atoms with E-state index in [1.165, 1.54) is 12.4 Å². The Hall–Kier alpha value is -1.43. The van der Waals surface area contributed by atoms with Crippen LogP contribution in [0.5, 0.6) is 0 Å². The number of rotatable bonds is 2. The molecule has 1 aromatic carbocycles. The van der Waals surface area contributed by atoms with Gasteiger partial charge in [0.2, 0.25) is 0 Å². The summed E-state index contributed by atoms with van der Waals surface area (Å²) >= 11 is 3.21. The molecule has 0 amide bonds. The van der Waals surface area contributed by atoms with Crippen molar-refractivity contribution in [3.63, 3.8) is 0 Å². The minimum atomic E-state index is -0.392. The van der Waals surface area contributed by atoms with E-state index in [4.69, 9.17) is 0 Å². The van der Waals surface area contributed by atoms with Gasteiger partial charge in [-0.1, -0.05) is 15.9 Å². The summed E-state index contributed by atoms with van der Waals surface area (Å²) < 4.78 is 0. The Morgan fingerprint density at radius 2 is 2.36 bits per heavy atom. The first-order valence-corrected chi connectivity index (χ1v) is 5.01. The number of nitrogens with zero attached hydrogens (tertiary/aromatic N) is 2. The third-order valence-corrected chi connectivity index (χ3v) is 2.57. The first-order valence-electron chi connectivity index (χ1n) is 3.88. The van der Waals surface area contributed by atoms with Gasteiger partial charge in [-0.2, -0.15) is 0 Å². The van der Waals surface area contributed by atoms with Crippen LogP contribution < -0.4 is 0 Å². The van der Waals surface area contributed by atoms with E-state index in [1.807, 2.05) is 0 Å². The van der Waals surface area contributed by atoms with Crippen molar-refractivity contribution < 1.29 is 4.92 Å². The fourth-order valence-electron chi connectivity index (χ4n) is 1.29. The molecule has 1 heterocycles. The molecule has 0 aliphatic carbocycles. The number of aromatic nitrogens is 2. The van der Waals surface area contributed by atoms with Gasteiger partial charge in [0, 0.05) is 17.0 Å². The predicted octanol–water partition coefficient (Wildman–Crippen LogP) is 2.37. The highest BCUT2D eigenvalue weighted by Crippen LogP contribution is 2.25. The largest absolute Gasteiger partial charge is 0.344 e. The van der Waals surface area contributed by atoms with Gasteiger partial charge in [-0.05, 0) is 6.07 Å². The molecule has 14 heavy (non-hydrogen) atoms. The zero-order chi connectivity index (χ0) is 10.1. The van der Waals surface area contributed by atoms with Crippen LogP contribution in [-0.2, 0) is 5.33 Å². The number of nitro groups is 1. The van der Waals surface area contributed by atoms with Gasteiger partial charge >= 0.3 is 0 Å². The van der Waals surface area contributed by atoms with E-state index in [0.717, 1.165) is 5.52 Å². The van der Waals surface area contributed by atoms with Crippen LogP contribution in [0.15, 0.2) is 18.5 Å². The lowest BCUT2D eigenvalue weighted by Crippen LogP contribution is -1.93. The summed E-state index contributed by atoms with van der Waals surface area (Å²) in [5.41, 5.74) is 2.17. The number of nitrogens with one attached hydrogen (secondary N) is 1. The molecular formula is C8H6BrN3O2. The molecule has 5 nitrogen and oxygen atoms in total. The first kappa shape index (κ1) is 9.14. The van der Waals surface area contributed by atoms with Crippen LogP contribution >= 0.6 is 15.9 Å². The Bertz CT molecular complexity index is 494. The van der Waals surface area contributed by atoms with Crippen LogP contribution in [0, 0.1) is 10.1 Å². The minimum absolute atomic E-state index is 0.110. The molecule has 0 unspecified atom stereocenters. The highest BCUT2D eigenvalue weighted by atomic mass is 79.9. The van der Waals surface area contributed by atoms with E-state index in [9.17, 15) is 10.1 Å². The van der Waals surface area contributed by atoms with Crippen molar-refractivity contribution in [2.75, 3.05) is 0 Å². The Morgan fingerprint density at radius 3 is 3.00 bits per heavy atom. The molecule has 72 valence electrons. The summed E-state index contributed by atoms with van der Waals surface area (Å²) in [6, 6.07) is 3.21. The molecule has 0 saturated carbocycles. The van der Waals surface area contributed by atoms with Gasteiger partial charge in [0.05, 0.1) is 22.3 Å². The lowest BCUT2D eigenvalue weighted by molar-refractivity contribution is -0.385. The zero-order valence-electron chi connectivity index (χ0n) is 7.03. The van der Waals surface area contributed by atoms with Crippen LogP contribution in [0.1, 0.15) is 5.56 Å². The molecule has 1 N–H and O–H groups in total. The lowest BCUT2D eigenvalue weighted by atomic mass is 10.2. The molecule has 6 heteroatoms. The zero-order valence-corrected chi connectivity index (χ0v) is 8.61. The van der Waals surface area contributed by atoms with Crippen molar-refractivity contribution in [3.05, 3.63) is 34.1 Å². The molecule has 1 aromatic heterocycles. The minimum Gasteiger partial charge on any atom is -0.344 e. The quantitative estimate of drug-likeness (QED) is 0.509. The summed E-state index contributed by atoms with van der Waals surface area (Å²) in [7, 11) is 0. The van der Waals surface area contributed by atoms with Crippen LogP contribution in [0.3, 0.4) is 0 Å². The van der Waals surface area contributed by atoms with Gasteiger partial charge in [0.15, 0.2) is 0 Å². The molecule has 0 atom stereocenters. The Labute approximate surface area is 87.4 Å². The Kier molecular flexibility index (Phi) is 2.20. The predicted molar refractivity (Wildman–Crippen MR) is 55.4 cm³/mol. The molecule has 2 rings (SSSR count). The smallest absolute Gasteiger partial charge is 0.275 e. The summed E-state index contributed by atoms with van der Waals surface area (Å²) in [6.07, 6.45) is 1.52. The van der Waals surface area contributed by atoms with E-state index in [0.29, 0.717) is 16.4 Å². The SMILES string of the molecule is O=[N+]([O-])c1cc2[nH]cnc2cc1CBr. The van der Waals surface area contributed by atoms with Crippen LogP contribution in [0.25, 0.3) is 11.0 Å². The molecular weight excluding hydrogens is 250 g/mol. The first-order chi connectivity index (χ1) is 6.72. The molecule has 0 aliphatic rings. The van der Waals surface area contributed by atoms with Crippen molar-refractivity contribution in [2.45, 2.75) is 5.33 Å². The summed E-state index contributed by atoms with van der Waals surface area (Å²) in [4.78, 5) is 17.2. The average Bonchev–Trinajstić information content (AvgIpc) is 2.62. The second kappa shape index (κ2) is 3.38. The molecule has 0 spiro atoms. The van der Waals surface area contributed by atoms with E-state index in [2.05, 4.69) is 25.9 Å². The fourth-order valence-corrected chi connectivity index (χ4v) is 1.74. The number of alkyl halides is 1. The Morgan fingerprint density at radius 1 is 1.57 bits per heavy atom. The number of aromatic amines is 1. The Balaban J connectivity index is 2.72. The maximum Gasteiger partial charge on any atom is 0.275 e. The van der Waals surface area contributed by atoms with Crippen molar-refractivity contribution in [1.29, 1.82) is 0 Å². The third-order valence-electron chi connectivity index (χ3n) is 1.96. The highest BCUT2D eigenvalue weighted by molar-refractivity contribution is 9.08. The fraction of sp³-hybridized carbons (Fsp3) is 0.125. The second-order valence-corrected chi connectivity index (χ2v) is 3.35. The topological polar surface area (TPSA) is 71.8 Å². The number of H-pyrrole nitrogens is 1. The third kappa shape index (κ3) is 1.37. The van der Waals surface area contributed by atoms with E-state index in [-0.39, 0.29) is 5.69 Å². The van der Waals surface area contributed by atoms with E-state index >= 15 is 0 Å².